The Morgan fingerprint density at radius 2 is 2.06 bits per heavy atom. The molecule has 3 N–H and O–H groups in total. The summed E-state index contributed by atoms with van der Waals surface area (Å²) in [6.07, 6.45) is 1.46. The van der Waals surface area contributed by atoms with Crippen LogP contribution >= 0.6 is 0 Å². The summed E-state index contributed by atoms with van der Waals surface area (Å²) in [5.74, 6) is 0.00454. The van der Waals surface area contributed by atoms with Gasteiger partial charge in [0, 0.05) is 11.4 Å². The Labute approximate surface area is 99.4 Å². The number of carbonyl (C=O) groups is 1. The van der Waals surface area contributed by atoms with Crippen molar-refractivity contribution in [3.05, 3.63) is 47.4 Å². The van der Waals surface area contributed by atoms with Crippen molar-refractivity contribution < 1.29 is 9.21 Å². The minimum absolute atomic E-state index is 0.277. The van der Waals surface area contributed by atoms with Gasteiger partial charge in [0.15, 0.2) is 5.76 Å². The number of anilines is 2. The first-order valence-corrected chi connectivity index (χ1v) is 5.29. The van der Waals surface area contributed by atoms with Gasteiger partial charge < -0.3 is 15.5 Å². The van der Waals surface area contributed by atoms with Crippen molar-refractivity contribution in [1.82, 2.24) is 0 Å². The number of benzene rings is 1. The van der Waals surface area contributed by atoms with Crippen molar-refractivity contribution in [2.75, 3.05) is 11.1 Å². The summed E-state index contributed by atoms with van der Waals surface area (Å²) >= 11 is 0. The van der Waals surface area contributed by atoms with E-state index in [4.69, 9.17) is 10.2 Å². The molecule has 0 aliphatic carbocycles. The third kappa shape index (κ3) is 2.30. The number of nitrogens with one attached hydrogen (secondary N) is 1. The fourth-order valence-corrected chi connectivity index (χ4v) is 1.60. The molecule has 2 aromatic rings. The number of hydrogen-bond donors (Lipinski definition) is 2. The van der Waals surface area contributed by atoms with Gasteiger partial charge in [0.1, 0.15) is 0 Å². The lowest BCUT2D eigenvalue weighted by Crippen LogP contribution is -2.12. The summed E-state index contributed by atoms with van der Waals surface area (Å²) in [6.45, 7) is 3.85. The van der Waals surface area contributed by atoms with Crippen molar-refractivity contribution in [3.63, 3.8) is 0 Å². The van der Waals surface area contributed by atoms with Gasteiger partial charge in [0.05, 0.1) is 6.26 Å². The number of amides is 1. The van der Waals surface area contributed by atoms with Gasteiger partial charge in [-0.15, -0.1) is 0 Å². The van der Waals surface area contributed by atoms with E-state index < -0.39 is 0 Å². The number of nitrogen functional groups attached to an aromatic ring is 1. The third-order valence-electron chi connectivity index (χ3n) is 2.61. The minimum atomic E-state index is -0.277. The second kappa shape index (κ2) is 4.33. The number of aryl methyl sites for hydroxylation is 2. The van der Waals surface area contributed by atoms with E-state index in [0.717, 1.165) is 11.1 Å². The molecule has 1 heterocycles. The molecule has 0 spiro atoms. The Morgan fingerprint density at radius 3 is 2.71 bits per heavy atom. The van der Waals surface area contributed by atoms with E-state index >= 15 is 0 Å². The van der Waals surface area contributed by atoms with E-state index in [9.17, 15) is 4.79 Å². The lowest BCUT2D eigenvalue weighted by molar-refractivity contribution is 0.0996. The fourth-order valence-electron chi connectivity index (χ4n) is 1.60. The number of hydrogen-bond acceptors (Lipinski definition) is 3. The Hall–Kier alpha value is -2.23. The van der Waals surface area contributed by atoms with E-state index in [0.29, 0.717) is 11.4 Å². The molecule has 0 saturated heterocycles. The number of carbonyl (C=O) groups excluding carboxylic acids is 1. The van der Waals surface area contributed by atoms with Gasteiger partial charge in [-0.05, 0) is 43.2 Å². The van der Waals surface area contributed by atoms with Crippen LogP contribution in [0.4, 0.5) is 11.4 Å². The molecule has 0 aliphatic rings. The molecule has 4 heteroatoms. The highest BCUT2D eigenvalue weighted by atomic mass is 16.3. The molecular weight excluding hydrogens is 216 g/mol. The van der Waals surface area contributed by atoms with E-state index in [-0.39, 0.29) is 11.7 Å². The van der Waals surface area contributed by atoms with E-state index in [1.807, 2.05) is 19.9 Å². The average Bonchev–Trinajstić information content (AvgIpc) is 2.79. The molecule has 2 rings (SSSR count). The predicted molar refractivity (Wildman–Crippen MR) is 67.0 cm³/mol. The van der Waals surface area contributed by atoms with Crippen LogP contribution in [0.2, 0.25) is 0 Å². The summed E-state index contributed by atoms with van der Waals surface area (Å²) in [5, 5.41) is 2.77. The molecule has 0 bridgehead atoms. The van der Waals surface area contributed by atoms with E-state index in [1.54, 1.807) is 18.2 Å². The van der Waals surface area contributed by atoms with Gasteiger partial charge in [-0.3, -0.25) is 4.79 Å². The highest BCUT2D eigenvalue weighted by Crippen LogP contribution is 2.22. The van der Waals surface area contributed by atoms with Gasteiger partial charge >= 0.3 is 0 Å². The van der Waals surface area contributed by atoms with Crippen molar-refractivity contribution in [2.45, 2.75) is 13.8 Å². The summed E-state index contributed by atoms with van der Waals surface area (Å²) < 4.78 is 5.02. The Kier molecular flexibility index (Phi) is 2.87. The standard InChI is InChI=1S/C13H14N2O2/c1-8-6-9(2)11(7-10(8)14)15-13(16)12-4-3-5-17-12/h3-7H,14H2,1-2H3,(H,15,16). The minimum Gasteiger partial charge on any atom is -0.459 e. The van der Waals surface area contributed by atoms with Crippen LogP contribution in [0.15, 0.2) is 34.9 Å². The normalized spacial score (nSPS) is 10.2. The molecule has 0 fully saturated rings. The topological polar surface area (TPSA) is 68.3 Å². The van der Waals surface area contributed by atoms with Crippen molar-refractivity contribution in [3.8, 4) is 0 Å². The largest absolute Gasteiger partial charge is 0.459 e. The monoisotopic (exact) mass is 230 g/mol. The molecule has 1 amide bonds. The molecule has 0 radical (unpaired) electrons. The lowest BCUT2D eigenvalue weighted by atomic mass is 10.1. The first kappa shape index (κ1) is 11.3. The molecule has 0 atom stereocenters. The molecule has 4 nitrogen and oxygen atoms in total. The summed E-state index contributed by atoms with van der Waals surface area (Å²) in [5.41, 5.74) is 9.14. The van der Waals surface area contributed by atoms with Crippen LogP contribution in [-0.2, 0) is 0 Å². The molecule has 1 aromatic heterocycles. The van der Waals surface area contributed by atoms with Crippen LogP contribution in [0.1, 0.15) is 21.7 Å². The van der Waals surface area contributed by atoms with Crippen LogP contribution < -0.4 is 11.1 Å². The van der Waals surface area contributed by atoms with Gasteiger partial charge in [-0.1, -0.05) is 6.07 Å². The Balaban J connectivity index is 2.25. The van der Waals surface area contributed by atoms with Crippen LogP contribution in [0, 0.1) is 13.8 Å². The quantitative estimate of drug-likeness (QED) is 0.779. The highest BCUT2D eigenvalue weighted by molar-refractivity contribution is 6.02. The van der Waals surface area contributed by atoms with E-state index in [2.05, 4.69) is 5.32 Å². The van der Waals surface area contributed by atoms with Crippen molar-refractivity contribution >= 4 is 17.3 Å². The summed E-state index contributed by atoms with van der Waals surface area (Å²) in [7, 11) is 0. The molecule has 0 aliphatic heterocycles. The van der Waals surface area contributed by atoms with Gasteiger partial charge in [-0.25, -0.2) is 0 Å². The van der Waals surface area contributed by atoms with Gasteiger partial charge in [0.25, 0.3) is 5.91 Å². The molecule has 0 unspecified atom stereocenters. The molecule has 88 valence electrons. The smallest absolute Gasteiger partial charge is 0.291 e. The summed E-state index contributed by atoms with van der Waals surface area (Å²) in [6, 6.07) is 6.98. The van der Waals surface area contributed by atoms with Crippen LogP contribution in [0.25, 0.3) is 0 Å². The third-order valence-corrected chi connectivity index (χ3v) is 2.61. The fraction of sp³-hybridized carbons (Fsp3) is 0.154. The summed E-state index contributed by atoms with van der Waals surface area (Å²) in [4.78, 5) is 11.8. The first-order valence-electron chi connectivity index (χ1n) is 5.29. The lowest BCUT2D eigenvalue weighted by Gasteiger charge is -2.10. The van der Waals surface area contributed by atoms with Gasteiger partial charge in [-0.2, -0.15) is 0 Å². The zero-order valence-corrected chi connectivity index (χ0v) is 9.78. The van der Waals surface area contributed by atoms with Crippen molar-refractivity contribution in [2.24, 2.45) is 0 Å². The number of nitrogens with two attached hydrogens (primary N) is 1. The second-order valence-corrected chi connectivity index (χ2v) is 3.96. The second-order valence-electron chi connectivity index (χ2n) is 3.96. The maximum Gasteiger partial charge on any atom is 0.291 e. The maximum atomic E-state index is 11.8. The molecule has 0 saturated carbocycles. The molecular formula is C13H14N2O2. The average molecular weight is 230 g/mol. The highest BCUT2D eigenvalue weighted by Gasteiger charge is 2.10. The first-order chi connectivity index (χ1) is 8.08. The number of rotatable bonds is 2. The van der Waals surface area contributed by atoms with Gasteiger partial charge in [0.2, 0.25) is 0 Å². The van der Waals surface area contributed by atoms with Crippen LogP contribution in [0.5, 0.6) is 0 Å². The Bertz CT molecular complexity index is 545. The zero-order chi connectivity index (χ0) is 12.4. The predicted octanol–water partition coefficient (Wildman–Crippen LogP) is 2.73. The number of furan rings is 1. The molecule has 17 heavy (non-hydrogen) atoms. The Morgan fingerprint density at radius 1 is 1.29 bits per heavy atom. The van der Waals surface area contributed by atoms with Crippen LogP contribution in [-0.4, -0.2) is 5.91 Å². The van der Waals surface area contributed by atoms with E-state index in [1.165, 1.54) is 6.26 Å². The van der Waals surface area contributed by atoms with Crippen LogP contribution in [0.3, 0.4) is 0 Å². The maximum absolute atomic E-state index is 11.8. The van der Waals surface area contributed by atoms with Crippen molar-refractivity contribution in [1.29, 1.82) is 0 Å². The molecule has 1 aromatic carbocycles. The zero-order valence-electron chi connectivity index (χ0n) is 9.78. The SMILES string of the molecule is Cc1cc(C)c(NC(=O)c2ccco2)cc1N.